The fourth-order valence-corrected chi connectivity index (χ4v) is 0.575. The van der Waals surface area contributed by atoms with Gasteiger partial charge >= 0.3 is 6.09 Å². The highest BCUT2D eigenvalue weighted by Crippen LogP contribution is 1.86. The molecule has 9 heavy (non-hydrogen) atoms. The summed E-state index contributed by atoms with van der Waals surface area (Å²) in [4.78, 5) is 10.5. The van der Waals surface area contributed by atoms with Gasteiger partial charge in [-0.2, -0.15) is 0 Å². The minimum absolute atomic E-state index is 0.341. The number of carbonyl (C=O) groups is 1. The number of ether oxygens (including phenoxy) is 1. The zero-order chi connectivity index (χ0) is 7.11. The topological polar surface area (TPSA) is 38.3 Å². The quantitative estimate of drug-likeness (QED) is 0.609. The third-order valence-corrected chi connectivity index (χ3v) is 1.07. The first-order valence-corrected chi connectivity index (χ1v) is 4.10. The minimum atomic E-state index is -0.341. The Morgan fingerprint density at radius 2 is 2.44 bits per heavy atom. The number of carbonyl (C=O) groups excluding carboxylic acids is 1. The van der Waals surface area contributed by atoms with Gasteiger partial charge in [-0.25, -0.2) is 4.79 Å². The molecule has 0 aliphatic heterocycles. The molecule has 0 saturated carbocycles. The Morgan fingerprint density at radius 3 is 2.89 bits per heavy atom. The maximum atomic E-state index is 10.5. The molecule has 0 saturated heterocycles. The molecule has 0 aliphatic rings. The lowest BCUT2D eigenvalue weighted by Crippen LogP contribution is -2.23. The summed E-state index contributed by atoms with van der Waals surface area (Å²) in [5.41, 5.74) is 0. The molecule has 0 aromatic carbocycles. The van der Waals surface area contributed by atoms with Crippen LogP contribution in [-0.4, -0.2) is 24.8 Å². The van der Waals surface area contributed by atoms with Gasteiger partial charge in [0.1, 0.15) is 0 Å². The fraction of sp³-hybridized carbons (Fsp3) is 0.800. The zero-order valence-corrected chi connectivity index (χ0v) is 6.46. The van der Waals surface area contributed by atoms with Crippen LogP contribution in [0.4, 0.5) is 4.79 Å². The molecule has 0 aromatic heterocycles. The van der Waals surface area contributed by atoms with E-state index in [1.54, 1.807) is 18.7 Å². The Labute approximate surface area is 59.1 Å². The Bertz CT molecular complexity index is 87.0. The highest BCUT2D eigenvalue weighted by Gasteiger charge is 1.94. The number of rotatable bonds is 3. The van der Waals surface area contributed by atoms with Crippen LogP contribution in [0.1, 0.15) is 6.92 Å². The minimum Gasteiger partial charge on any atom is -0.450 e. The monoisotopic (exact) mass is 149 g/mol. The smallest absolute Gasteiger partial charge is 0.407 e. The van der Waals surface area contributed by atoms with E-state index in [0.717, 1.165) is 0 Å². The average molecular weight is 149 g/mol. The summed E-state index contributed by atoms with van der Waals surface area (Å²) in [7, 11) is 0. The number of hydrogen-bond acceptors (Lipinski definition) is 3. The highest BCUT2D eigenvalue weighted by molar-refractivity contribution is 7.98. The maximum absolute atomic E-state index is 10.5. The van der Waals surface area contributed by atoms with Gasteiger partial charge in [0.2, 0.25) is 0 Å². The first-order chi connectivity index (χ1) is 4.31. The largest absolute Gasteiger partial charge is 0.450 e. The molecule has 0 radical (unpaired) electrons. The van der Waals surface area contributed by atoms with Crippen LogP contribution in [0.15, 0.2) is 0 Å². The molecule has 4 heteroatoms. The number of nitrogens with one attached hydrogen (secondary N) is 1. The lowest BCUT2D eigenvalue weighted by Gasteiger charge is -2.01. The zero-order valence-electron chi connectivity index (χ0n) is 5.64. The van der Waals surface area contributed by atoms with E-state index >= 15 is 0 Å². The van der Waals surface area contributed by atoms with Gasteiger partial charge in [-0.3, -0.25) is 0 Å². The van der Waals surface area contributed by atoms with Gasteiger partial charge in [0, 0.05) is 0 Å². The number of amides is 1. The van der Waals surface area contributed by atoms with Crippen molar-refractivity contribution in [2.24, 2.45) is 0 Å². The molecule has 1 amide bonds. The second-order valence-corrected chi connectivity index (χ2v) is 2.20. The Balaban J connectivity index is 3.06. The summed E-state index contributed by atoms with van der Waals surface area (Å²) < 4.78 is 4.58. The molecule has 0 atom stereocenters. The SMILES string of the molecule is CCOC(=O)NCSC. The van der Waals surface area contributed by atoms with E-state index in [1.165, 1.54) is 0 Å². The van der Waals surface area contributed by atoms with Gasteiger partial charge in [-0.1, -0.05) is 0 Å². The lowest BCUT2D eigenvalue weighted by molar-refractivity contribution is 0.154. The van der Waals surface area contributed by atoms with Gasteiger partial charge in [-0.15, -0.1) is 11.8 Å². The van der Waals surface area contributed by atoms with Crippen LogP contribution < -0.4 is 5.32 Å². The van der Waals surface area contributed by atoms with E-state index in [1.807, 2.05) is 6.26 Å². The summed E-state index contributed by atoms with van der Waals surface area (Å²) in [5.74, 6) is 0.610. The second-order valence-electron chi connectivity index (χ2n) is 1.33. The normalized spacial score (nSPS) is 8.67. The van der Waals surface area contributed by atoms with Crippen molar-refractivity contribution in [3.8, 4) is 0 Å². The summed E-state index contributed by atoms with van der Waals surface area (Å²) in [5, 5.41) is 2.54. The van der Waals surface area contributed by atoms with Crippen LogP contribution in [0.5, 0.6) is 0 Å². The number of thioether (sulfide) groups is 1. The van der Waals surface area contributed by atoms with E-state index < -0.39 is 0 Å². The predicted molar refractivity (Wildman–Crippen MR) is 38.5 cm³/mol. The van der Waals surface area contributed by atoms with E-state index in [0.29, 0.717) is 12.5 Å². The Kier molecular flexibility index (Phi) is 5.51. The summed E-state index contributed by atoms with van der Waals surface area (Å²) in [6.45, 7) is 2.21. The molecule has 0 aromatic rings. The van der Waals surface area contributed by atoms with Crippen LogP contribution in [0, 0.1) is 0 Å². The molecule has 0 fully saturated rings. The van der Waals surface area contributed by atoms with Crippen LogP contribution >= 0.6 is 11.8 Å². The molecule has 0 unspecified atom stereocenters. The van der Waals surface area contributed by atoms with Crippen LogP contribution in [-0.2, 0) is 4.74 Å². The van der Waals surface area contributed by atoms with E-state index in [9.17, 15) is 4.79 Å². The Hall–Kier alpha value is -0.380. The van der Waals surface area contributed by atoms with Crippen LogP contribution in [0.3, 0.4) is 0 Å². The maximum Gasteiger partial charge on any atom is 0.407 e. The van der Waals surface area contributed by atoms with Crippen molar-refractivity contribution >= 4 is 17.9 Å². The first-order valence-electron chi connectivity index (χ1n) is 2.70. The van der Waals surface area contributed by atoms with Crippen molar-refractivity contribution in [3.63, 3.8) is 0 Å². The lowest BCUT2D eigenvalue weighted by atomic mass is 10.9. The molecule has 0 aliphatic carbocycles. The molecule has 54 valence electrons. The van der Waals surface area contributed by atoms with Gasteiger partial charge in [0.15, 0.2) is 0 Å². The standard InChI is InChI=1S/C5H11NO2S/c1-3-8-5(7)6-4-9-2/h3-4H2,1-2H3,(H,6,7). The van der Waals surface area contributed by atoms with E-state index in [-0.39, 0.29) is 6.09 Å². The molecule has 3 nitrogen and oxygen atoms in total. The third-order valence-electron chi connectivity index (χ3n) is 0.636. The van der Waals surface area contributed by atoms with E-state index in [2.05, 4.69) is 10.1 Å². The van der Waals surface area contributed by atoms with Crippen molar-refractivity contribution in [2.45, 2.75) is 6.92 Å². The van der Waals surface area contributed by atoms with E-state index in [4.69, 9.17) is 0 Å². The number of alkyl carbamates (subject to hydrolysis) is 1. The fourth-order valence-electron chi connectivity index (χ4n) is 0.313. The molecule has 0 bridgehead atoms. The molecule has 0 rings (SSSR count). The molecule has 1 N–H and O–H groups in total. The Morgan fingerprint density at radius 1 is 1.78 bits per heavy atom. The predicted octanol–water partition coefficient (Wildman–Crippen LogP) is 1.05. The average Bonchev–Trinajstić information content (AvgIpc) is 1.85. The first kappa shape index (κ1) is 8.62. The van der Waals surface area contributed by atoms with Crippen molar-refractivity contribution < 1.29 is 9.53 Å². The summed E-state index contributed by atoms with van der Waals surface area (Å²) in [6, 6.07) is 0. The second kappa shape index (κ2) is 5.75. The highest BCUT2D eigenvalue weighted by atomic mass is 32.2. The molecular weight excluding hydrogens is 138 g/mol. The van der Waals surface area contributed by atoms with Gasteiger partial charge in [-0.05, 0) is 13.2 Å². The van der Waals surface area contributed by atoms with Crippen LogP contribution in [0.2, 0.25) is 0 Å². The van der Waals surface area contributed by atoms with Gasteiger partial charge < -0.3 is 10.1 Å². The van der Waals surface area contributed by atoms with Crippen molar-refractivity contribution in [1.82, 2.24) is 5.32 Å². The molecule has 0 heterocycles. The summed E-state index contributed by atoms with van der Waals surface area (Å²) >= 11 is 1.54. The third kappa shape index (κ3) is 5.49. The molecular formula is C5H11NO2S. The van der Waals surface area contributed by atoms with Gasteiger partial charge in [0.05, 0.1) is 12.5 Å². The van der Waals surface area contributed by atoms with Gasteiger partial charge in [0.25, 0.3) is 0 Å². The molecule has 0 spiro atoms. The van der Waals surface area contributed by atoms with Crippen molar-refractivity contribution in [1.29, 1.82) is 0 Å². The number of hydrogen-bond donors (Lipinski definition) is 1. The van der Waals surface area contributed by atoms with Crippen molar-refractivity contribution in [3.05, 3.63) is 0 Å². The van der Waals surface area contributed by atoms with Crippen molar-refractivity contribution in [2.75, 3.05) is 18.7 Å². The summed E-state index contributed by atoms with van der Waals surface area (Å²) in [6.07, 6.45) is 1.57. The van der Waals surface area contributed by atoms with Crippen LogP contribution in [0.25, 0.3) is 0 Å².